The quantitative estimate of drug-likeness (QED) is 0.753. The molecule has 2 heterocycles. The number of carboxylic acid groups (broad SMARTS) is 1. The maximum absolute atomic E-state index is 12.5. The zero-order valence-electron chi connectivity index (χ0n) is 10.4. The van der Waals surface area contributed by atoms with E-state index in [1.165, 1.54) is 0 Å². The van der Waals surface area contributed by atoms with E-state index in [-0.39, 0.29) is 35.9 Å². The number of aliphatic carboxylic acids is 1. The summed E-state index contributed by atoms with van der Waals surface area (Å²) in [5.41, 5.74) is 5.86. The Morgan fingerprint density at radius 2 is 1.89 bits per heavy atom. The molecule has 5 heteroatoms. The van der Waals surface area contributed by atoms with Gasteiger partial charge in [-0.15, -0.1) is 0 Å². The van der Waals surface area contributed by atoms with Crippen LogP contribution in [-0.2, 0) is 9.59 Å². The predicted molar refractivity (Wildman–Crippen MR) is 64.7 cm³/mol. The van der Waals surface area contributed by atoms with Gasteiger partial charge < -0.3 is 15.7 Å². The van der Waals surface area contributed by atoms with Crippen molar-refractivity contribution < 1.29 is 14.7 Å². The fourth-order valence-electron chi connectivity index (χ4n) is 4.05. The van der Waals surface area contributed by atoms with Crippen LogP contribution in [-0.4, -0.2) is 40.0 Å². The van der Waals surface area contributed by atoms with Gasteiger partial charge >= 0.3 is 5.97 Å². The molecule has 3 aliphatic rings. The van der Waals surface area contributed by atoms with Crippen molar-refractivity contribution in [2.45, 2.75) is 56.7 Å². The third-order valence-corrected chi connectivity index (χ3v) is 4.93. The predicted octanol–water partition coefficient (Wildman–Crippen LogP) is 0.578. The van der Waals surface area contributed by atoms with Crippen LogP contribution in [0.2, 0.25) is 0 Å². The molecule has 2 aliphatic heterocycles. The number of carbonyl (C=O) groups is 2. The number of carbonyl (C=O) groups excluding carboxylic acids is 1. The van der Waals surface area contributed by atoms with E-state index < -0.39 is 5.97 Å². The standard InChI is InChI=1S/C13H20N2O3/c14-8-2-1-7(5-8)12(16)15-9-3-4-11(15)10(6-9)13(17)18/h7-11H,1-6,14H2,(H,17,18). The summed E-state index contributed by atoms with van der Waals surface area (Å²) >= 11 is 0. The second-order valence-corrected chi connectivity index (χ2v) is 5.99. The zero-order valence-corrected chi connectivity index (χ0v) is 10.4. The molecular formula is C13H20N2O3. The van der Waals surface area contributed by atoms with Crippen molar-refractivity contribution in [3.05, 3.63) is 0 Å². The average Bonchev–Trinajstić information content (AvgIpc) is 3.01. The lowest BCUT2D eigenvalue weighted by Crippen LogP contribution is -2.41. The van der Waals surface area contributed by atoms with Crippen LogP contribution < -0.4 is 5.73 Å². The first-order valence-corrected chi connectivity index (χ1v) is 6.88. The number of hydrogen-bond donors (Lipinski definition) is 2. The summed E-state index contributed by atoms with van der Waals surface area (Å²) in [6.07, 6.45) is 5.03. The third-order valence-electron chi connectivity index (χ3n) is 4.93. The Hall–Kier alpha value is -1.10. The lowest BCUT2D eigenvalue weighted by Gasteiger charge is -2.26. The first-order chi connectivity index (χ1) is 8.58. The number of hydrogen-bond acceptors (Lipinski definition) is 3. The highest BCUT2D eigenvalue weighted by molar-refractivity contribution is 5.82. The van der Waals surface area contributed by atoms with Crippen LogP contribution in [0, 0.1) is 11.8 Å². The molecule has 1 aliphatic carbocycles. The fourth-order valence-corrected chi connectivity index (χ4v) is 4.05. The summed E-state index contributed by atoms with van der Waals surface area (Å²) in [7, 11) is 0. The molecule has 5 atom stereocenters. The Morgan fingerprint density at radius 1 is 1.11 bits per heavy atom. The second-order valence-electron chi connectivity index (χ2n) is 5.99. The van der Waals surface area contributed by atoms with Gasteiger partial charge in [-0.1, -0.05) is 0 Å². The van der Waals surface area contributed by atoms with Gasteiger partial charge in [0.25, 0.3) is 0 Å². The molecule has 5 unspecified atom stereocenters. The number of nitrogens with zero attached hydrogens (tertiary/aromatic N) is 1. The van der Waals surface area contributed by atoms with Crippen LogP contribution in [0.15, 0.2) is 0 Å². The van der Waals surface area contributed by atoms with Crippen molar-refractivity contribution in [3.8, 4) is 0 Å². The smallest absolute Gasteiger partial charge is 0.308 e. The Balaban J connectivity index is 1.73. The van der Waals surface area contributed by atoms with E-state index in [9.17, 15) is 14.7 Å². The van der Waals surface area contributed by atoms with Crippen LogP contribution in [0.3, 0.4) is 0 Å². The average molecular weight is 252 g/mol. The molecular weight excluding hydrogens is 232 g/mol. The Morgan fingerprint density at radius 3 is 2.44 bits per heavy atom. The Kier molecular flexibility index (Phi) is 2.81. The van der Waals surface area contributed by atoms with Crippen molar-refractivity contribution in [1.82, 2.24) is 4.90 Å². The summed E-state index contributed by atoms with van der Waals surface area (Å²) in [4.78, 5) is 25.6. The SMILES string of the molecule is NC1CCC(C(=O)N2C3CCC2C(C(=O)O)C3)C1. The minimum atomic E-state index is -0.747. The van der Waals surface area contributed by atoms with Crippen molar-refractivity contribution in [1.29, 1.82) is 0 Å². The summed E-state index contributed by atoms with van der Waals surface area (Å²) in [6, 6.07) is 0.256. The number of nitrogens with two attached hydrogens (primary N) is 1. The normalized spacial score (nSPS) is 42.5. The van der Waals surface area contributed by atoms with E-state index >= 15 is 0 Å². The van der Waals surface area contributed by atoms with Crippen molar-refractivity contribution in [2.24, 2.45) is 17.6 Å². The maximum Gasteiger partial charge on any atom is 0.308 e. The van der Waals surface area contributed by atoms with Gasteiger partial charge in [0.15, 0.2) is 0 Å². The van der Waals surface area contributed by atoms with Crippen LogP contribution in [0.25, 0.3) is 0 Å². The summed E-state index contributed by atoms with van der Waals surface area (Å²) < 4.78 is 0. The highest BCUT2D eigenvalue weighted by Gasteiger charge is 2.52. The van der Waals surface area contributed by atoms with Gasteiger partial charge in [0.05, 0.1) is 5.92 Å². The van der Waals surface area contributed by atoms with Gasteiger partial charge in [-0.05, 0) is 38.5 Å². The summed E-state index contributed by atoms with van der Waals surface area (Å²) in [5.74, 6) is -0.888. The molecule has 100 valence electrons. The molecule has 5 nitrogen and oxygen atoms in total. The van der Waals surface area contributed by atoms with Crippen molar-refractivity contribution in [2.75, 3.05) is 0 Å². The fraction of sp³-hybridized carbons (Fsp3) is 0.846. The topological polar surface area (TPSA) is 83.6 Å². The largest absolute Gasteiger partial charge is 0.481 e. The van der Waals surface area contributed by atoms with Gasteiger partial charge in [-0.25, -0.2) is 0 Å². The van der Waals surface area contributed by atoms with Gasteiger partial charge in [-0.2, -0.15) is 0 Å². The monoisotopic (exact) mass is 252 g/mol. The van der Waals surface area contributed by atoms with E-state index in [1.54, 1.807) is 0 Å². The minimum absolute atomic E-state index is 0.0376. The highest BCUT2D eigenvalue weighted by atomic mass is 16.4. The number of rotatable bonds is 2. The molecule has 3 N–H and O–H groups in total. The van der Waals surface area contributed by atoms with E-state index in [0.717, 1.165) is 32.1 Å². The molecule has 0 aromatic heterocycles. The molecule has 1 amide bonds. The number of fused-ring (bicyclic) bond motifs is 2. The van der Waals surface area contributed by atoms with Gasteiger partial charge in [0.2, 0.25) is 5.91 Å². The number of amides is 1. The van der Waals surface area contributed by atoms with Crippen LogP contribution in [0.4, 0.5) is 0 Å². The molecule has 0 aromatic carbocycles. The molecule has 2 saturated heterocycles. The van der Waals surface area contributed by atoms with Crippen molar-refractivity contribution >= 4 is 11.9 Å². The van der Waals surface area contributed by atoms with Crippen LogP contribution >= 0.6 is 0 Å². The molecule has 3 fully saturated rings. The van der Waals surface area contributed by atoms with E-state index in [1.807, 2.05) is 4.90 Å². The lowest BCUT2D eigenvalue weighted by molar-refractivity contribution is -0.143. The molecule has 0 radical (unpaired) electrons. The lowest BCUT2D eigenvalue weighted by atomic mass is 9.89. The molecule has 0 spiro atoms. The second kappa shape index (κ2) is 4.23. The van der Waals surface area contributed by atoms with Gasteiger partial charge in [0.1, 0.15) is 0 Å². The zero-order chi connectivity index (χ0) is 12.9. The molecule has 2 bridgehead atoms. The molecule has 18 heavy (non-hydrogen) atoms. The maximum atomic E-state index is 12.5. The first kappa shape index (κ1) is 12.0. The third kappa shape index (κ3) is 1.72. The van der Waals surface area contributed by atoms with Crippen molar-refractivity contribution in [3.63, 3.8) is 0 Å². The Labute approximate surface area is 106 Å². The van der Waals surface area contributed by atoms with Gasteiger partial charge in [0, 0.05) is 24.0 Å². The van der Waals surface area contributed by atoms with Gasteiger partial charge in [-0.3, -0.25) is 9.59 Å². The van der Waals surface area contributed by atoms with Crippen LogP contribution in [0.1, 0.15) is 38.5 Å². The molecule has 3 rings (SSSR count). The summed E-state index contributed by atoms with van der Waals surface area (Å²) in [5, 5.41) is 9.18. The van der Waals surface area contributed by atoms with E-state index in [0.29, 0.717) is 6.42 Å². The van der Waals surface area contributed by atoms with E-state index in [2.05, 4.69) is 0 Å². The highest BCUT2D eigenvalue weighted by Crippen LogP contribution is 2.43. The Bertz CT molecular complexity index is 384. The molecule has 1 saturated carbocycles. The van der Waals surface area contributed by atoms with E-state index in [4.69, 9.17) is 5.73 Å². The molecule has 0 aromatic rings. The van der Waals surface area contributed by atoms with Crippen LogP contribution in [0.5, 0.6) is 0 Å². The minimum Gasteiger partial charge on any atom is -0.481 e. The summed E-state index contributed by atoms with van der Waals surface area (Å²) in [6.45, 7) is 0. The number of carboxylic acids is 1. The first-order valence-electron chi connectivity index (χ1n) is 6.88.